The summed E-state index contributed by atoms with van der Waals surface area (Å²) in [5, 5.41) is 11.0. The van der Waals surface area contributed by atoms with Crippen LogP contribution in [0.3, 0.4) is 0 Å². The van der Waals surface area contributed by atoms with Gasteiger partial charge in [0.15, 0.2) is 5.54 Å². The van der Waals surface area contributed by atoms with Gasteiger partial charge in [0, 0.05) is 29.5 Å². The molecule has 0 N–H and O–H groups in total. The van der Waals surface area contributed by atoms with Crippen LogP contribution in [0.15, 0.2) is 28.7 Å². The summed E-state index contributed by atoms with van der Waals surface area (Å²) in [7, 11) is 2.73. The number of benzene rings is 1. The second kappa shape index (κ2) is 8.13. The summed E-state index contributed by atoms with van der Waals surface area (Å²) in [5.74, 6) is -1.80. The van der Waals surface area contributed by atoms with Crippen LogP contribution in [0.2, 0.25) is 0 Å². The zero-order valence-electron chi connectivity index (χ0n) is 14.8. The predicted molar refractivity (Wildman–Crippen MR) is 96.0 cm³/mol. The van der Waals surface area contributed by atoms with Crippen LogP contribution >= 0.6 is 15.9 Å². The molecule has 1 aliphatic rings. The van der Waals surface area contributed by atoms with Crippen molar-refractivity contribution in [1.29, 1.82) is 0 Å². The van der Waals surface area contributed by atoms with Crippen LogP contribution in [0.25, 0.3) is 0 Å². The molecule has 0 unspecified atom stereocenters. The number of nitro groups is 1. The number of rotatable bonds is 8. The van der Waals surface area contributed by atoms with Crippen molar-refractivity contribution in [2.75, 3.05) is 27.4 Å². The molecule has 1 amide bonds. The molecule has 0 aromatic heterocycles. The SMILES string of the molecule is COCCN(C(=O)[C@@H]1C[C@H]1[N+](=O)[O-])[C@](C)(C(=O)OC)c1ccc(Br)cc1. The maximum absolute atomic E-state index is 13.0. The normalized spacial score (nSPS) is 20.8. The van der Waals surface area contributed by atoms with Crippen molar-refractivity contribution in [2.45, 2.75) is 24.9 Å². The molecule has 0 aliphatic heterocycles. The molecule has 1 aromatic carbocycles. The van der Waals surface area contributed by atoms with E-state index in [-0.39, 0.29) is 19.6 Å². The standard InChI is InChI=1S/C17H21BrN2O6/c1-17(16(22)26-3,11-4-6-12(18)7-5-11)19(8-9-25-2)15(21)13-10-14(13)20(23)24/h4-7,13-14H,8-10H2,1-3H3/t13-,14-,17+/m1/s1. The van der Waals surface area contributed by atoms with E-state index in [1.807, 2.05) is 0 Å². The zero-order valence-corrected chi connectivity index (χ0v) is 16.4. The number of hydrogen-bond acceptors (Lipinski definition) is 6. The lowest BCUT2D eigenvalue weighted by atomic mass is 9.89. The molecular weight excluding hydrogens is 408 g/mol. The third-order valence-electron chi connectivity index (χ3n) is 4.66. The molecular formula is C17H21BrN2O6. The first-order valence-corrected chi connectivity index (χ1v) is 8.85. The minimum Gasteiger partial charge on any atom is -0.467 e. The minimum absolute atomic E-state index is 0.109. The van der Waals surface area contributed by atoms with Gasteiger partial charge in [0.05, 0.1) is 13.7 Å². The fourth-order valence-electron chi connectivity index (χ4n) is 2.97. The highest BCUT2D eigenvalue weighted by Crippen LogP contribution is 2.39. The summed E-state index contributed by atoms with van der Waals surface area (Å²) in [6.07, 6.45) is 0.174. The molecule has 0 radical (unpaired) electrons. The fourth-order valence-corrected chi connectivity index (χ4v) is 3.24. The van der Waals surface area contributed by atoms with E-state index < -0.39 is 34.3 Å². The second-order valence-electron chi connectivity index (χ2n) is 6.25. The number of amides is 1. The number of methoxy groups -OCH3 is 2. The van der Waals surface area contributed by atoms with Gasteiger partial charge in [-0.1, -0.05) is 28.1 Å². The van der Waals surface area contributed by atoms with Gasteiger partial charge in [-0.25, -0.2) is 4.79 Å². The van der Waals surface area contributed by atoms with Gasteiger partial charge in [0.1, 0.15) is 5.92 Å². The zero-order chi connectivity index (χ0) is 19.5. The first kappa shape index (κ1) is 20.3. The van der Waals surface area contributed by atoms with Gasteiger partial charge in [-0.15, -0.1) is 0 Å². The van der Waals surface area contributed by atoms with Gasteiger partial charge in [-0.3, -0.25) is 14.9 Å². The van der Waals surface area contributed by atoms with Crippen LogP contribution in [-0.2, 0) is 24.6 Å². The molecule has 9 heteroatoms. The van der Waals surface area contributed by atoms with Crippen LogP contribution in [0.5, 0.6) is 0 Å². The number of carbonyl (C=O) groups excluding carboxylic acids is 2. The van der Waals surface area contributed by atoms with Crippen molar-refractivity contribution in [3.05, 3.63) is 44.4 Å². The molecule has 26 heavy (non-hydrogen) atoms. The third kappa shape index (κ3) is 3.88. The Morgan fingerprint density at radius 2 is 1.96 bits per heavy atom. The number of nitrogens with zero attached hydrogens (tertiary/aromatic N) is 2. The predicted octanol–water partition coefficient (Wildman–Crippen LogP) is 1.98. The summed E-state index contributed by atoms with van der Waals surface area (Å²) < 4.78 is 10.9. The van der Waals surface area contributed by atoms with E-state index in [0.29, 0.717) is 5.56 Å². The van der Waals surface area contributed by atoms with E-state index in [2.05, 4.69) is 15.9 Å². The molecule has 0 saturated heterocycles. The van der Waals surface area contributed by atoms with Crippen LogP contribution in [0.4, 0.5) is 0 Å². The monoisotopic (exact) mass is 428 g/mol. The lowest BCUT2D eigenvalue weighted by Crippen LogP contribution is -2.55. The Hall–Kier alpha value is -2.00. The average molecular weight is 429 g/mol. The number of ether oxygens (including phenoxy) is 2. The fraction of sp³-hybridized carbons (Fsp3) is 0.529. The highest BCUT2D eigenvalue weighted by Gasteiger charge is 2.58. The van der Waals surface area contributed by atoms with Gasteiger partial charge >= 0.3 is 5.97 Å². The van der Waals surface area contributed by atoms with Gasteiger partial charge in [0.2, 0.25) is 11.9 Å². The molecule has 8 nitrogen and oxygen atoms in total. The Kier molecular flexibility index (Phi) is 6.35. The molecule has 1 saturated carbocycles. The van der Waals surface area contributed by atoms with E-state index in [9.17, 15) is 19.7 Å². The van der Waals surface area contributed by atoms with E-state index in [4.69, 9.17) is 9.47 Å². The molecule has 1 aromatic rings. The van der Waals surface area contributed by atoms with Crippen molar-refractivity contribution < 1.29 is 24.0 Å². The molecule has 142 valence electrons. The van der Waals surface area contributed by atoms with Gasteiger partial charge in [-0.05, 0) is 24.6 Å². The Morgan fingerprint density at radius 1 is 1.35 bits per heavy atom. The Bertz CT molecular complexity index is 695. The molecule has 0 spiro atoms. The van der Waals surface area contributed by atoms with Crippen LogP contribution in [0, 0.1) is 16.0 Å². The molecule has 3 atom stereocenters. The average Bonchev–Trinajstić information content (AvgIpc) is 3.42. The highest BCUT2D eigenvalue weighted by molar-refractivity contribution is 9.10. The van der Waals surface area contributed by atoms with E-state index in [1.54, 1.807) is 31.2 Å². The van der Waals surface area contributed by atoms with Crippen LogP contribution in [-0.4, -0.2) is 55.1 Å². The van der Waals surface area contributed by atoms with Crippen molar-refractivity contribution in [2.24, 2.45) is 5.92 Å². The van der Waals surface area contributed by atoms with Crippen molar-refractivity contribution in [3.8, 4) is 0 Å². The molecule has 0 bridgehead atoms. The van der Waals surface area contributed by atoms with E-state index in [0.717, 1.165) is 4.47 Å². The molecule has 2 rings (SSSR count). The third-order valence-corrected chi connectivity index (χ3v) is 5.19. The van der Waals surface area contributed by atoms with Gasteiger partial charge in [0.25, 0.3) is 0 Å². The highest BCUT2D eigenvalue weighted by atomic mass is 79.9. The Morgan fingerprint density at radius 3 is 2.42 bits per heavy atom. The van der Waals surface area contributed by atoms with E-state index in [1.165, 1.54) is 19.1 Å². The summed E-state index contributed by atoms with van der Waals surface area (Å²) in [5.41, 5.74) is -0.871. The Labute approximate surface area is 159 Å². The lowest BCUT2D eigenvalue weighted by Gasteiger charge is -2.39. The largest absolute Gasteiger partial charge is 0.467 e. The summed E-state index contributed by atoms with van der Waals surface area (Å²) >= 11 is 3.34. The van der Waals surface area contributed by atoms with Crippen LogP contribution < -0.4 is 0 Å². The number of esters is 1. The number of carbonyl (C=O) groups is 2. The summed E-state index contributed by atoms with van der Waals surface area (Å²) in [6.45, 7) is 1.88. The lowest BCUT2D eigenvalue weighted by molar-refractivity contribution is -0.497. The van der Waals surface area contributed by atoms with E-state index >= 15 is 0 Å². The number of halogens is 1. The topological polar surface area (TPSA) is 99.0 Å². The van der Waals surface area contributed by atoms with Crippen LogP contribution in [0.1, 0.15) is 18.9 Å². The molecule has 0 heterocycles. The minimum atomic E-state index is -1.42. The van der Waals surface area contributed by atoms with Gasteiger partial charge in [-0.2, -0.15) is 0 Å². The second-order valence-corrected chi connectivity index (χ2v) is 7.16. The Balaban J connectivity index is 2.45. The molecule has 1 fully saturated rings. The number of hydrogen-bond donors (Lipinski definition) is 0. The van der Waals surface area contributed by atoms with Gasteiger partial charge < -0.3 is 14.4 Å². The smallest absolute Gasteiger partial charge is 0.336 e. The maximum Gasteiger partial charge on any atom is 0.336 e. The first-order chi connectivity index (χ1) is 12.3. The van der Waals surface area contributed by atoms with Crippen molar-refractivity contribution in [1.82, 2.24) is 4.90 Å². The van der Waals surface area contributed by atoms with Crippen molar-refractivity contribution in [3.63, 3.8) is 0 Å². The first-order valence-electron chi connectivity index (χ1n) is 8.05. The molecule has 1 aliphatic carbocycles. The maximum atomic E-state index is 13.0. The quantitative estimate of drug-likeness (QED) is 0.356. The van der Waals surface area contributed by atoms with Crippen molar-refractivity contribution >= 4 is 27.8 Å². The summed E-state index contributed by atoms with van der Waals surface area (Å²) in [4.78, 5) is 37.5. The summed E-state index contributed by atoms with van der Waals surface area (Å²) in [6, 6.07) is 6.04.